The second-order valence-electron chi connectivity index (χ2n) is 6.50. The molecule has 0 radical (unpaired) electrons. The molecule has 32 heavy (non-hydrogen) atoms. The first-order valence-corrected chi connectivity index (χ1v) is 10.7. The van der Waals surface area contributed by atoms with Crippen molar-refractivity contribution in [3.63, 3.8) is 0 Å². The highest BCUT2D eigenvalue weighted by molar-refractivity contribution is 9.10. The van der Waals surface area contributed by atoms with Gasteiger partial charge in [0.15, 0.2) is 40.1 Å². The Bertz CT molecular complexity index is 1170. The van der Waals surface area contributed by atoms with Crippen molar-refractivity contribution in [1.29, 1.82) is 0 Å². The molecule has 172 valence electrons. The summed E-state index contributed by atoms with van der Waals surface area (Å²) < 4.78 is 9.84. The number of nitrogen functional groups attached to an aromatic ring is 2. The van der Waals surface area contributed by atoms with Crippen molar-refractivity contribution >= 4 is 62.1 Å². The van der Waals surface area contributed by atoms with E-state index in [2.05, 4.69) is 31.2 Å². The quantitative estimate of drug-likeness (QED) is 0.168. The van der Waals surface area contributed by atoms with Gasteiger partial charge in [0.25, 0.3) is 11.7 Å². The summed E-state index contributed by atoms with van der Waals surface area (Å²) in [5, 5.41) is 2.67. The number of rotatable bonds is 7. The van der Waals surface area contributed by atoms with Crippen LogP contribution in [0.4, 0.5) is 11.6 Å². The lowest BCUT2D eigenvalue weighted by Gasteiger charge is -2.08. The van der Waals surface area contributed by atoms with Gasteiger partial charge < -0.3 is 45.5 Å². The van der Waals surface area contributed by atoms with Gasteiger partial charge >= 0.3 is 5.97 Å². The molecule has 0 saturated heterocycles. The van der Waals surface area contributed by atoms with E-state index in [-0.39, 0.29) is 72.1 Å². The Morgan fingerprint density at radius 2 is 1.97 bits per heavy atom. The summed E-state index contributed by atoms with van der Waals surface area (Å²) in [5.74, 6) is -0.425. The molecule has 0 aliphatic heterocycles. The third kappa shape index (κ3) is 5.41. The molecule has 0 atom stereocenters. The molecule has 0 aliphatic rings. The third-order valence-electron chi connectivity index (χ3n) is 4.58. The Morgan fingerprint density at radius 1 is 1.25 bits per heavy atom. The van der Waals surface area contributed by atoms with Crippen molar-refractivity contribution < 1.29 is 42.9 Å². The summed E-state index contributed by atoms with van der Waals surface area (Å²) in [5.41, 5.74) is 12.9. The van der Waals surface area contributed by atoms with Crippen molar-refractivity contribution in [2.24, 2.45) is 0 Å². The van der Waals surface area contributed by atoms with E-state index < -0.39 is 5.91 Å². The van der Waals surface area contributed by atoms with E-state index in [0.29, 0.717) is 12.4 Å². The monoisotopic (exact) mass is 637 g/mol. The molecule has 1 amide bonds. The number of hydrogen-bond donors (Lipinski definition) is 3. The van der Waals surface area contributed by atoms with E-state index in [0.717, 1.165) is 15.5 Å². The lowest BCUT2D eigenvalue weighted by atomic mass is 10.3. The van der Waals surface area contributed by atoms with Crippen LogP contribution in [0.1, 0.15) is 30.2 Å². The number of benzene rings is 1. The minimum absolute atomic E-state index is 0. The minimum atomic E-state index is -0.566. The van der Waals surface area contributed by atoms with Crippen LogP contribution in [0.5, 0.6) is 0 Å². The standard InChI is InChI=1S/C19H21BrClN7O3.HI/c1-3-27-12-7-10(20)5-6-11(12)28(9-14(29)31-4-2)13(27)8-24-19(30)15-17(22)26-18(23)16(21)25-15;/h5-7H,3-4,8-9H2,1-2H3,(H4-,22,23,24,26,30);1H. The number of esters is 1. The third-order valence-corrected chi connectivity index (χ3v) is 5.35. The Kier molecular flexibility index (Phi) is 9.04. The number of ether oxygens (including phenoxy) is 1. The summed E-state index contributed by atoms with van der Waals surface area (Å²) >= 11 is 9.36. The number of carbonyl (C=O) groups is 2. The maximum Gasteiger partial charge on any atom is 0.348 e. The van der Waals surface area contributed by atoms with Gasteiger partial charge in [-0.2, -0.15) is 0 Å². The van der Waals surface area contributed by atoms with Crippen molar-refractivity contribution in [3.05, 3.63) is 39.3 Å². The number of aromatic nitrogens is 4. The highest BCUT2D eigenvalue weighted by Gasteiger charge is 2.27. The summed E-state index contributed by atoms with van der Waals surface area (Å²) in [7, 11) is 0. The molecule has 0 spiro atoms. The Hall–Kier alpha value is -2.19. The zero-order valence-electron chi connectivity index (χ0n) is 17.4. The normalized spacial score (nSPS) is 10.6. The van der Waals surface area contributed by atoms with Crippen LogP contribution in [0, 0.1) is 0 Å². The summed E-state index contributed by atoms with van der Waals surface area (Å²) in [6.45, 7) is 4.72. The molecule has 3 rings (SSSR count). The van der Waals surface area contributed by atoms with Crippen molar-refractivity contribution in [2.75, 3.05) is 18.1 Å². The molecule has 2 aromatic heterocycles. The molecular weight excluding hydrogens is 617 g/mol. The van der Waals surface area contributed by atoms with Gasteiger partial charge in [-0.05, 0) is 26.0 Å². The van der Waals surface area contributed by atoms with Crippen LogP contribution in [0.3, 0.4) is 0 Å². The van der Waals surface area contributed by atoms with E-state index in [1.54, 1.807) is 6.92 Å². The first-order valence-electron chi connectivity index (χ1n) is 9.49. The largest absolute Gasteiger partial charge is 1.00 e. The summed E-state index contributed by atoms with van der Waals surface area (Å²) in [6.07, 6.45) is 0. The number of fused-ring (bicyclic) bond motifs is 1. The molecular formula is C19H22BrClIN7O3. The number of nitrogens with two attached hydrogens (primary N) is 2. The molecule has 0 saturated carbocycles. The van der Waals surface area contributed by atoms with Gasteiger partial charge in [-0.1, -0.05) is 27.5 Å². The van der Waals surface area contributed by atoms with E-state index in [1.165, 1.54) is 0 Å². The van der Waals surface area contributed by atoms with Crippen molar-refractivity contribution in [3.8, 4) is 0 Å². The first kappa shape index (κ1) is 26.1. The van der Waals surface area contributed by atoms with Crippen LogP contribution in [0.25, 0.3) is 11.0 Å². The molecule has 5 N–H and O–H groups in total. The van der Waals surface area contributed by atoms with Crippen LogP contribution < -0.4 is 45.3 Å². The average Bonchev–Trinajstić information content (AvgIpc) is 3.00. The number of carbonyl (C=O) groups excluding carboxylic acids is 2. The van der Waals surface area contributed by atoms with Crippen LogP contribution >= 0.6 is 27.5 Å². The molecule has 10 nitrogen and oxygen atoms in total. The molecule has 1 aromatic carbocycles. The number of halogens is 3. The number of anilines is 2. The predicted molar refractivity (Wildman–Crippen MR) is 119 cm³/mol. The van der Waals surface area contributed by atoms with Crippen molar-refractivity contribution in [1.82, 2.24) is 19.9 Å². The van der Waals surface area contributed by atoms with Crippen LogP contribution in [0.2, 0.25) is 5.15 Å². The molecule has 13 heteroatoms. The number of aryl methyl sites for hydroxylation is 1. The van der Waals surface area contributed by atoms with Gasteiger partial charge in [-0.15, -0.1) is 0 Å². The number of amides is 1. The number of imidazole rings is 1. The highest BCUT2D eigenvalue weighted by Crippen LogP contribution is 2.21. The Balaban J connectivity index is 0.00000363. The van der Waals surface area contributed by atoms with Gasteiger partial charge in [0, 0.05) is 10.5 Å². The molecule has 0 aliphatic carbocycles. The fourth-order valence-electron chi connectivity index (χ4n) is 3.27. The maximum atomic E-state index is 12.7. The Labute approximate surface area is 214 Å². The minimum Gasteiger partial charge on any atom is -1.00 e. The highest BCUT2D eigenvalue weighted by atomic mass is 127. The smallest absolute Gasteiger partial charge is 0.348 e. The lowest BCUT2D eigenvalue weighted by Crippen LogP contribution is -3.00. The SMILES string of the molecule is CCOC(=O)C[n+]1c(CNC(=O)c2nc(Cl)c(N)nc2N)n(CC)c2cc(Br)ccc21.[I-]. The topological polar surface area (TPSA) is 142 Å². The molecule has 0 fully saturated rings. The lowest BCUT2D eigenvalue weighted by molar-refractivity contribution is -0.669. The number of nitrogens with one attached hydrogen (secondary N) is 1. The second kappa shape index (κ2) is 11.1. The van der Waals surface area contributed by atoms with Gasteiger partial charge in [0.05, 0.1) is 13.2 Å². The first-order chi connectivity index (χ1) is 14.8. The van der Waals surface area contributed by atoms with Gasteiger partial charge in [-0.25, -0.2) is 23.9 Å². The second-order valence-corrected chi connectivity index (χ2v) is 7.77. The number of hydrogen-bond acceptors (Lipinski definition) is 7. The van der Waals surface area contributed by atoms with Gasteiger partial charge in [0.1, 0.15) is 6.54 Å². The van der Waals surface area contributed by atoms with Crippen molar-refractivity contribution in [2.45, 2.75) is 33.5 Å². The van der Waals surface area contributed by atoms with E-state index in [4.69, 9.17) is 27.8 Å². The molecule has 3 aromatic rings. The van der Waals surface area contributed by atoms with Gasteiger partial charge in [0.2, 0.25) is 0 Å². The van der Waals surface area contributed by atoms with E-state index >= 15 is 0 Å². The average molecular weight is 639 g/mol. The number of nitrogens with zero attached hydrogens (tertiary/aromatic N) is 4. The van der Waals surface area contributed by atoms with E-state index in [9.17, 15) is 9.59 Å². The fraction of sp³-hybridized carbons (Fsp3) is 0.316. The zero-order valence-corrected chi connectivity index (χ0v) is 21.9. The maximum absolute atomic E-state index is 12.7. The molecule has 2 heterocycles. The molecule has 0 unspecified atom stereocenters. The summed E-state index contributed by atoms with van der Waals surface area (Å²) in [6, 6.07) is 5.74. The van der Waals surface area contributed by atoms with Gasteiger partial charge in [-0.3, -0.25) is 4.79 Å². The Morgan fingerprint density at radius 3 is 2.62 bits per heavy atom. The predicted octanol–water partition coefficient (Wildman–Crippen LogP) is -1.18. The molecule has 0 bridgehead atoms. The van der Waals surface area contributed by atoms with E-state index in [1.807, 2.05) is 34.3 Å². The van der Waals surface area contributed by atoms with Crippen LogP contribution in [-0.4, -0.2) is 33.0 Å². The summed E-state index contributed by atoms with van der Waals surface area (Å²) in [4.78, 5) is 32.7. The zero-order chi connectivity index (χ0) is 22.7. The fourth-order valence-corrected chi connectivity index (χ4v) is 3.75. The van der Waals surface area contributed by atoms with Crippen LogP contribution in [0.15, 0.2) is 22.7 Å². The van der Waals surface area contributed by atoms with Crippen LogP contribution in [-0.2, 0) is 29.2 Å².